The molecule has 6 heteroatoms. The zero-order valence-corrected chi connectivity index (χ0v) is 11.4. The lowest BCUT2D eigenvalue weighted by Crippen LogP contribution is -2.23. The standard InChI is InChI=1S/C12H23N5O/c1-3-4-12(5-6-12)10-17-11(14-15-16-17)9-13-7-8-18-2/h13H,3-10H2,1-2H3. The summed E-state index contributed by atoms with van der Waals surface area (Å²) in [4.78, 5) is 0. The minimum atomic E-state index is 0.478. The molecule has 1 N–H and O–H groups in total. The molecule has 0 amide bonds. The summed E-state index contributed by atoms with van der Waals surface area (Å²) < 4.78 is 6.95. The number of hydrogen-bond donors (Lipinski definition) is 1. The maximum absolute atomic E-state index is 4.99. The molecular weight excluding hydrogens is 230 g/mol. The summed E-state index contributed by atoms with van der Waals surface area (Å²) in [6.07, 6.45) is 5.15. The molecule has 1 aliphatic rings. The molecule has 0 spiro atoms. The molecule has 2 rings (SSSR count). The van der Waals surface area contributed by atoms with Crippen molar-refractivity contribution in [1.82, 2.24) is 25.5 Å². The van der Waals surface area contributed by atoms with E-state index in [9.17, 15) is 0 Å². The molecule has 0 aliphatic heterocycles. The lowest BCUT2D eigenvalue weighted by molar-refractivity contribution is 0.198. The van der Waals surface area contributed by atoms with E-state index >= 15 is 0 Å². The first-order valence-electron chi connectivity index (χ1n) is 6.74. The quantitative estimate of drug-likeness (QED) is 0.665. The number of hydrogen-bond acceptors (Lipinski definition) is 5. The van der Waals surface area contributed by atoms with Crippen LogP contribution in [0.1, 0.15) is 38.4 Å². The topological polar surface area (TPSA) is 64.9 Å². The number of nitrogens with one attached hydrogen (secondary N) is 1. The highest BCUT2D eigenvalue weighted by Gasteiger charge is 2.42. The summed E-state index contributed by atoms with van der Waals surface area (Å²) in [7, 11) is 1.70. The van der Waals surface area contributed by atoms with Gasteiger partial charge in [0.05, 0.1) is 19.7 Å². The Bertz CT molecular complexity index is 361. The molecule has 102 valence electrons. The maximum atomic E-state index is 4.99. The third kappa shape index (κ3) is 3.49. The van der Waals surface area contributed by atoms with Gasteiger partial charge in [-0.25, -0.2) is 4.68 Å². The van der Waals surface area contributed by atoms with Crippen molar-refractivity contribution in [2.24, 2.45) is 5.41 Å². The molecule has 1 saturated carbocycles. The Kier molecular flexibility index (Phi) is 4.66. The van der Waals surface area contributed by atoms with E-state index in [2.05, 4.69) is 27.8 Å². The molecule has 0 saturated heterocycles. The summed E-state index contributed by atoms with van der Waals surface area (Å²) in [6, 6.07) is 0. The second kappa shape index (κ2) is 6.24. The van der Waals surface area contributed by atoms with Crippen LogP contribution in [0.4, 0.5) is 0 Å². The van der Waals surface area contributed by atoms with Crippen LogP contribution in [-0.4, -0.2) is 40.5 Å². The fourth-order valence-corrected chi connectivity index (χ4v) is 2.36. The average Bonchev–Trinajstić information content (AvgIpc) is 2.97. The molecule has 18 heavy (non-hydrogen) atoms. The van der Waals surface area contributed by atoms with Gasteiger partial charge in [-0.2, -0.15) is 0 Å². The van der Waals surface area contributed by atoms with Crippen LogP contribution in [0.5, 0.6) is 0 Å². The van der Waals surface area contributed by atoms with Crippen LogP contribution < -0.4 is 5.32 Å². The van der Waals surface area contributed by atoms with Crippen molar-refractivity contribution in [2.45, 2.75) is 45.7 Å². The zero-order chi connectivity index (χ0) is 12.8. The predicted molar refractivity (Wildman–Crippen MR) is 68.0 cm³/mol. The van der Waals surface area contributed by atoms with Crippen molar-refractivity contribution >= 4 is 0 Å². The molecule has 0 radical (unpaired) electrons. The van der Waals surface area contributed by atoms with Crippen LogP contribution in [0.2, 0.25) is 0 Å². The van der Waals surface area contributed by atoms with Gasteiger partial charge in [-0.1, -0.05) is 13.3 Å². The fourth-order valence-electron chi connectivity index (χ4n) is 2.36. The van der Waals surface area contributed by atoms with Crippen molar-refractivity contribution in [2.75, 3.05) is 20.3 Å². The average molecular weight is 253 g/mol. The first-order valence-corrected chi connectivity index (χ1v) is 6.74. The van der Waals surface area contributed by atoms with Gasteiger partial charge in [-0.3, -0.25) is 0 Å². The lowest BCUT2D eigenvalue weighted by atomic mass is 10.0. The molecular formula is C12H23N5O. The van der Waals surface area contributed by atoms with Crippen molar-refractivity contribution in [3.05, 3.63) is 5.82 Å². The van der Waals surface area contributed by atoms with E-state index in [0.717, 1.165) is 18.9 Å². The van der Waals surface area contributed by atoms with E-state index in [1.807, 2.05) is 4.68 Å². The maximum Gasteiger partial charge on any atom is 0.165 e. The van der Waals surface area contributed by atoms with E-state index in [1.165, 1.54) is 25.7 Å². The molecule has 0 atom stereocenters. The van der Waals surface area contributed by atoms with Gasteiger partial charge >= 0.3 is 0 Å². The van der Waals surface area contributed by atoms with Crippen molar-refractivity contribution in [3.8, 4) is 0 Å². The molecule has 0 unspecified atom stereocenters. The summed E-state index contributed by atoms with van der Waals surface area (Å²) in [5, 5.41) is 15.3. The van der Waals surface area contributed by atoms with Crippen LogP contribution in [0, 0.1) is 5.41 Å². The van der Waals surface area contributed by atoms with E-state index < -0.39 is 0 Å². The van der Waals surface area contributed by atoms with Gasteiger partial charge < -0.3 is 10.1 Å². The van der Waals surface area contributed by atoms with Crippen molar-refractivity contribution < 1.29 is 4.74 Å². The Labute approximate surface area is 108 Å². The highest BCUT2D eigenvalue weighted by Crippen LogP contribution is 2.50. The van der Waals surface area contributed by atoms with Gasteiger partial charge in [-0.15, -0.1) is 5.10 Å². The molecule has 1 aromatic heterocycles. The van der Waals surface area contributed by atoms with E-state index in [4.69, 9.17) is 4.74 Å². The summed E-state index contributed by atoms with van der Waals surface area (Å²) in [5.41, 5.74) is 0.478. The van der Waals surface area contributed by atoms with Crippen LogP contribution in [0.25, 0.3) is 0 Å². The van der Waals surface area contributed by atoms with Gasteiger partial charge in [-0.05, 0) is 35.1 Å². The van der Waals surface area contributed by atoms with Crippen LogP contribution in [0.15, 0.2) is 0 Å². The van der Waals surface area contributed by atoms with Gasteiger partial charge in [0.15, 0.2) is 5.82 Å². The minimum absolute atomic E-state index is 0.478. The number of ether oxygens (including phenoxy) is 1. The summed E-state index contributed by atoms with van der Waals surface area (Å²) in [5.74, 6) is 0.925. The van der Waals surface area contributed by atoms with Crippen LogP contribution in [-0.2, 0) is 17.8 Å². The van der Waals surface area contributed by atoms with E-state index in [0.29, 0.717) is 18.6 Å². The highest BCUT2D eigenvalue weighted by molar-refractivity contribution is 4.94. The normalized spacial score (nSPS) is 17.0. The third-order valence-electron chi connectivity index (χ3n) is 3.59. The van der Waals surface area contributed by atoms with Gasteiger partial charge in [0.1, 0.15) is 0 Å². The largest absolute Gasteiger partial charge is 0.383 e. The van der Waals surface area contributed by atoms with Gasteiger partial charge in [0.25, 0.3) is 0 Å². The Morgan fingerprint density at radius 2 is 2.28 bits per heavy atom. The first kappa shape index (κ1) is 13.4. The molecule has 1 heterocycles. The zero-order valence-electron chi connectivity index (χ0n) is 11.4. The third-order valence-corrected chi connectivity index (χ3v) is 3.59. The van der Waals surface area contributed by atoms with Crippen LogP contribution >= 0.6 is 0 Å². The first-order chi connectivity index (χ1) is 8.79. The second-order valence-electron chi connectivity index (χ2n) is 5.17. The number of tetrazole rings is 1. The number of nitrogens with zero attached hydrogens (tertiary/aromatic N) is 4. The second-order valence-corrected chi connectivity index (χ2v) is 5.17. The SMILES string of the molecule is CCCC1(Cn2nnnc2CNCCOC)CC1. The number of methoxy groups -OCH3 is 1. The Hall–Kier alpha value is -1.01. The molecule has 0 bridgehead atoms. The Balaban J connectivity index is 1.84. The summed E-state index contributed by atoms with van der Waals surface area (Å²) in [6.45, 7) is 5.45. The Morgan fingerprint density at radius 1 is 1.44 bits per heavy atom. The van der Waals surface area contributed by atoms with E-state index in [1.54, 1.807) is 7.11 Å². The number of rotatable bonds is 9. The van der Waals surface area contributed by atoms with Crippen molar-refractivity contribution in [1.29, 1.82) is 0 Å². The fraction of sp³-hybridized carbons (Fsp3) is 0.917. The molecule has 6 nitrogen and oxygen atoms in total. The van der Waals surface area contributed by atoms with Gasteiger partial charge in [0.2, 0.25) is 0 Å². The predicted octanol–water partition coefficient (Wildman–Crippen LogP) is 0.989. The highest BCUT2D eigenvalue weighted by atomic mass is 16.5. The number of aromatic nitrogens is 4. The molecule has 1 aliphatic carbocycles. The molecule has 1 aromatic rings. The monoisotopic (exact) mass is 253 g/mol. The van der Waals surface area contributed by atoms with Crippen LogP contribution in [0.3, 0.4) is 0 Å². The van der Waals surface area contributed by atoms with E-state index in [-0.39, 0.29) is 0 Å². The molecule has 0 aromatic carbocycles. The van der Waals surface area contributed by atoms with Gasteiger partial charge in [0, 0.05) is 13.7 Å². The van der Waals surface area contributed by atoms with Crippen molar-refractivity contribution in [3.63, 3.8) is 0 Å². The minimum Gasteiger partial charge on any atom is -0.383 e. The lowest BCUT2D eigenvalue weighted by Gasteiger charge is -2.14. The summed E-state index contributed by atoms with van der Waals surface area (Å²) >= 11 is 0. The Morgan fingerprint density at radius 3 is 2.94 bits per heavy atom. The molecule has 1 fully saturated rings. The smallest absolute Gasteiger partial charge is 0.165 e.